The van der Waals surface area contributed by atoms with Crippen LogP contribution in [0.15, 0.2) is 29.3 Å². The Morgan fingerprint density at radius 3 is 2.72 bits per heavy atom. The minimum Gasteiger partial charge on any atom is -0.383 e. The number of aromatic nitrogens is 2. The summed E-state index contributed by atoms with van der Waals surface area (Å²) in [6, 6.07) is 4.26. The average Bonchev–Trinajstić information content (AvgIpc) is 2.71. The molecule has 1 heterocycles. The van der Waals surface area contributed by atoms with Gasteiger partial charge < -0.3 is 5.73 Å². The molecule has 0 unspecified atom stereocenters. The first kappa shape index (κ1) is 12.4. The summed E-state index contributed by atoms with van der Waals surface area (Å²) in [5.41, 5.74) is 5.80. The molecule has 6 nitrogen and oxygen atoms in total. The van der Waals surface area contributed by atoms with Gasteiger partial charge >= 0.3 is 0 Å². The number of nitrogen functional groups attached to an aromatic ring is 1. The van der Waals surface area contributed by atoms with E-state index in [1.54, 1.807) is 13.0 Å². The lowest BCUT2D eigenvalue weighted by Gasteiger charge is -2.10. The number of anilines is 2. The Morgan fingerprint density at radius 2 is 2.17 bits per heavy atom. The largest absolute Gasteiger partial charge is 0.383 e. The summed E-state index contributed by atoms with van der Waals surface area (Å²) >= 11 is 0. The molecule has 0 spiro atoms. The lowest BCUT2D eigenvalue weighted by molar-refractivity contribution is 0.598. The van der Waals surface area contributed by atoms with Crippen LogP contribution in [0.25, 0.3) is 0 Å². The van der Waals surface area contributed by atoms with Crippen molar-refractivity contribution in [2.24, 2.45) is 0 Å². The van der Waals surface area contributed by atoms with Crippen molar-refractivity contribution < 1.29 is 12.8 Å². The van der Waals surface area contributed by atoms with E-state index < -0.39 is 15.8 Å². The van der Waals surface area contributed by atoms with E-state index in [9.17, 15) is 12.8 Å². The normalized spacial score (nSPS) is 11.4. The molecule has 0 aliphatic rings. The fourth-order valence-corrected chi connectivity index (χ4v) is 2.61. The Kier molecular flexibility index (Phi) is 2.95. The van der Waals surface area contributed by atoms with Gasteiger partial charge in [0, 0.05) is 0 Å². The number of rotatable bonds is 3. The second-order valence-electron chi connectivity index (χ2n) is 3.69. The van der Waals surface area contributed by atoms with Crippen molar-refractivity contribution >= 4 is 21.5 Å². The Morgan fingerprint density at radius 1 is 1.44 bits per heavy atom. The average molecular weight is 270 g/mol. The molecule has 0 amide bonds. The van der Waals surface area contributed by atoms with Gasteiger partial charge in [-0.05, 0) is 18.6 Å². The van der Waals surface area contributed by atoms with Crippen molar-refractivity contribution in [2.45, 2.75) is 11.8 Å². The molecule has 0 fully saturated rings. The van der Waals surface area contributed by atoms with Crippen LogP contribution in [-0.2, 0) is 10.0 Å². The van der Waals surface area contributed by atoms with Gasteiger partial charge in [-0.3, -0.25) is 9.82 Å². The summed E-state index contributed by atoms with van der Waals surface area (Å²) in [4.78, 5) is -0.217. The van der Waals surface area contributed by atoms with Gasteiger partial charge in [-0.25, -0.2) is 12.8 Å². The van der Waals surface area contributed by atoms with E-state index in [-0.39, 0.29) is 16.4 Å². The zero-order valence-corrected chi connectivity index (χ0v) is 10.3. The Hall–Kier alpha value is -2.09. The molecular formula is C10H11FN4O2S. The molecular weight excluding hydrogens is 259 g/mol. The molecule has 18 heavy (non-hydrogen) atoms. The molecule has 2 aromatic rings. The van der Waals surface area contributed by atoms with E-state index in [4.69, 9.17) is 5.73 Å². The molecule has 1 aromatic heterocycles. The van der Waals surface area contributed by atoms with Gasteiger partial charge in [-0.2, -0.15) is 5.10 Å². The highest BCUT2D eigenvalue weighted by Gasteiger charge is 2.21. The molecule has 1 aromatic carbocycles. The predicted octanol–water partition coefficient (Wildman–Crippen LogP) is 1.24. The maximum atomic E-state index is 13.5. The third-order valence-electron chi connectivity index (χ3n) is 2.38. The quantitative estimate of drug-likeness (QED) is 0.781. The van der Waals surface area contributed by atoms with Crippen LogP contribution in [0, 0.1) is 12.7 Å². The molecule has 0 aliphatic heterocycles. The minimum absolute atomic E-state index is 0.0990. The number of para-hydroxylation sites is 1. The number of nitrogens with zero attached hydrogens (tertiary/aromatic N) is 1. The van der Waals surface area contributed by atoms with Gasteiger partial charge in [0.2, 0.25) is 0 Å². The highest BCUT2D eigenvalue weighted by Crippen LogP contribution is 2.24. The molecule has 0 radical (unpaired) electrons. The minimum atomic E-state index is -3.95. The highest BCUT2D eigenvalue weighted by atomic mass is 32.2. The SMILES string of the molecule is Cc1cccc(F)c1NS(=O)(=O)c1cn[nH]c1N. The molecule has 0 atom stereocenters. The first-order valence-corrected chi connectivity index (χ1v) is 6.47. The molecule has 96 valence electrons. The third-order valence-corrected chi connectivity index (χ3v) is 3.76. The lowest BCUT2D eigenvalue weighted by Crippen LogP contribution is -2.15. The summed E-state index contributed by atoms with van der Waals surface area (Å²) < 4.78 is 39.6. The van der Waals surface area contributed by atoms with Gasteiger partial charge in [-0.1, -0.05) is 12.1 Å². The topological polar surface area (TPSA) is 101 Å². The molecule has 0 saturated carbocycles. The number of aromatic amines is 1. The van der Waals surface area contributed by atoms with Crippen molar-refractivity contribution in [2.75, 3.05) is 10.5 Å². The number of sulfonamides is 1. The first-order chi connectivity index (χ1) is 8.42. The number of benzene rings is 1. The standard InChI is InChI=1S/C10H11FN4O2S/c1-6-3-2-4-7(11)9(6)15-18(16,17)8-5-13-14-10(8)12/h2-5,15H,1H3,(H3,12,13,14). The summed E-state index contributed by atoms with van der Waals surface area (Å²) in [5, 5.41) is 5.82. The van der Waals surface area contributed by atoms with Crippen LogP contribution in [0.4, 0.5) is 15.9 Å². The van der Waals surface area contributed by atoms with Crippen molar-refractivity contribution in [1.82, 2.24) is 10.2 Å². The van der Waals surface area contributed by atoms with E-state index >= 15 is 0 Å². The molecule has 0 aliphatic carbocycles. The van der Waals surface area contributed by atoms with Gasteiger partial charge in [0.25, 0.3) is 10.0 Å². The second kappa shape index (κ2) is 4.30. The van der Waals surface area contributed by atoms with Gasteiger partial charge in [0.15, 0.2) is 0 Å². The fraction of sp³-hybridized carbons (Fsp3) is 0.100. The monoisotopic (exact) mass is 270 g/mol. The van der Waals surface area contributed by atoms with Crippen molar-refractivity contribution in [3.63, 3.8) is 0 Å². The highest BCUT2D eigenvalue weighted by molar-refractivity contribution is 7.92. The maximum absolute atomic E-state index is 13.5. The van der Waals surface area contributed by atoms with E-state index in [2.05, 4.69) is 14.9 Å². The summed E-state index contributed by atoms with van der Waals surface area (Å²) in [5.74, 6) is -0.753. The number of hydrogen-bond donors (Lipinski definition) is 3. The number of nitrogens with one attached hydrogen (secondary N) is 2. The number of H-pyrrole nitrogens is 1. The lowest BCUT2D eigenvalue weighted by atomic mass is 10.2. The van der Waals surface area contributed by atoms with E-state index in [1.807, 2.05) is 0 Å². The van der Waals surface area contributed by atoms with E-state index in [1.165, 1.54) is 12.1 Å². The number of halogens is 1. The maximum Gasteiger partial charge on any atom is 0.267 e. The second-order valence-corrected chi connectivity index (χ2v) is 5.34. The van der Waals surface area contributed by atoms with Crippen molar-refractivity contribution in [3.8, 4) is 0 Å². The number of hydrogen-bond acceptors (Lipinski definition) is 4. The van der Waals surface area contributed by atoms with Crippen molar-refractivity contribution in [3.05, 3.63) is 35.8 Å². The van der Waals surface area contributed by atoms with Crippen LogP contribution in [0.2, 0.25) is 0 Å². The Balaban J connectivity index is 2.44. The molecule has 0 saturated heterocycles. The van der Waals surface area contributed by atoms with Crippen LogP contribution >= 0.6 is 0 Å². The third kappa shape index (κ3) is 2.14. The zero-order valence-electron chi connectivity index (χ0n) is 9.44. The first-order valence-electron chi connectivity index (χ1n) is 4.98. The van der Waals surface area contributed by atoms with Crippen LogP contribution < -0.4 is 10.5 Å². The summed E-state index contributed by atoms with van der Waals surface area (Å²) in [6.45, 7) is 1.60. The Labute approximate surface area is 103 Å². The summed E-state index contributed by atoms with van der Waals surface area (Å²) in [6.07, 6.45) is 1.06. The van der Waals surface area contributed by atoms with Gasteiger partial charge in [0.05, 0.1) is 11.9 Å². The number of nitrogens with two attached hydrogens (primary N) is 1. The fourth-order valence-electron chi connectivity index (χ4n) is 1.45. The van der Waals surface area contributed by atoms with Gasteiger partial charge in [0.1, 0.15) is 16.5 Å². The van der Waals surface area contributed by atoms with Crippen LogP contribution in [0.5, 0.6) is 0 Å². The van der Waals surface area contributed by atoms with Crippen LogP contribution in [0.1, 0.15) is 5.56 Å². The molecule has 4 N–H and O–H groups in total. The molecule has 8 heteroatoms. The van der Waals surface area contributed by atoms with Gasteiger partial charge in [-0.15, -0.1) is 0 Å². The molecule has 0 bridgehead atoms. The summed E-state index contributed by atoms with van der Waals surface area (Å²) in [7, 11) is -3.95. The van der Waals surface area contributed by atoms with Crippen LogP contribution in [0.3, 0.4) is 0 Å². The zero-order chi connectivity index (χ0) is 13.3. The predicted molar refractivity (Wildman–Crippen MR) is 64.9 cm³/mol. The Bertz CT molecular complexity index is 661. The van der Waals surface area contributed by atoms with Crippen LogP contribution in [-0.4, -0.2) is 18.6 Å². The molecule has 2 rings (SSSR count). The van der Waals surface area contributed by atoms with E-state index in [0.717, 1.165) is 6.20 Å². The number of aryl methyl sites for hydroxylation is 1. The van der Waals surface area contributed by atoms with Crippen molar-refractivity contribution in [1.29, 1.82) is 0 Å². The smallest absolute Gasteiger partial charge is 0.267 e. The van der Waals surface area contributed by atoms with E-state index in [0.29, 0.717) is 5.56 Å².